The van der Waals surface area contributed by atoms with Crippen LogP contribution in [0.25, 0.3) is 0 Å². The fraction of sp³-hybridized carbons (Fsp3) is 0.417. The normalized spacial score (nSPS) is 16.1. The largest absolute Gasteiger partial charge is 0.394 e. The van der Waals surface area contributed by atoms with Crippen LogP contribution in [0.4, 0.5) is 0 Å². The molecule has 7 heteroatoms. The lowest BCUT2D eigenvalue weighted by Crippen LogP contribution is -2.46. The van der Waals surface area contributed by atoms with Crippen molar-refractivity contribution in [3.63, 3.8) is 0 Å². The molecule has 168 valence electrons. The fourth-order valence-corrected chi connectivity index (χ4v) is 3.95. The van der Waals surface area contributed by atoms with Gasteiger partial charge in [0.2, 0.25) is 5.91 Å². The van der Waals surface area contributed by atoms with Gasteiger partial charge in [0, 0.05) is 23.3 Å². The molecule has 31 heavy (non-hydrogen) atoms. The standard InChI is InChI=1S/C24H30Cl2N2O3/c1-4-10-24(3,23(31)28-20(5-2)15-29)12-21(17-11-19(26)14-27-13-17)22(30)16-6-8-18(25)9-7-16/h4,6-9,11,13-14,20-22,29-30H,1,5,10,12,15H2,2-3H3,(H,28,31). The maximum absolute atomic E-state index is 13.2. The van der Waals surface area contributed by atoms with Crippen LogP contribution >= 0.6 is 23.2 Å². The molecule has 1 aromatic heterocycles. The average molecular weight is 465 g/mol. The van der Waals surface area contributed by atoms with Crippen LogP contribution in [0.2, 0.25) is 10.0 Å². The quantitative estimate of drug-likeness (QED) is 0.405. The molecule has 0 saturated heterocycles. The number of aliphatic hydroxyl groups excluding tert-OH is 2. The predicted molar refractivity (Wildman–Crippen MR) is 125 cm³/mol. The van der Waals surface area contributed by atoms with E-state index >= 15 is 0 Å². The van der Waals surface area contributed by atoms with E-state index in [0.717, 1.165) is 5.56 Å². The minimum atomic E-state index is -0.908. The molecule has 1 amide bonds. The van der Waals surface area contributed by atoms with Gasteiger partial charge < -0.3 is 15.5 Å². The first-order valence-corrected chi connectivity index (χ1v) is 11.1. The van der Waals surface area contributed by atoms with Crippen molar-refractivity contribution in [2.75, 3.05) is 6.61 Å². The number of carbonyl (C=O) groups is 1. The SMILES string of the molecule is C=CCC(C)(CC(c1cncc(Cl)c1)C(O)c1ccc(Cl)cc1)C(=O)NC(CC)CO. The van der Waals surface area contributed by atoms with Crippen LogP contribution < -0.4 is 5.32 Å². The van der Waals surface area contributed by atoms with E-state index in [1.54, 1.807) is 42.6 Å². The van der Waals surface area contributed by atoms with Crippen molar-refractivity contribution in [1.82, 2.24) is 10.3 Å². The minimum absolute atomic E-state index is 0.137. The van der Waals surface area contributed by atoms with Gasteiger partial charge in [-0.15, -0.1) is 6.58 Å². The van der Waals surface area contributed by atoms with Crippen LogP contribution in [0.5, 0.6) is 0 Å². The lowest BCUT2D eigenvalue weighted by atomic mass is 9.73. The zero-order valence-electron chi connectivity index (χ0n) is 17.9. The monoisotopic (exact) mass is 464 g/mol. The number of halogens is 2. The third kappa shape index (κ3) is 6.78. The van der Waals surface area contributed by atoms with Gasteiger partial charge in [0.1, 0.15) is 0 Å². The Morgan fingerprint density at radius 3 is 2.45 bits per heavy atom. The van der Waals surface area contributed by atoms with E-state index in [0.29, 0.717) is 34.9 Å². The first-order chi connectivity index (χ1) is 14.7. The molecule has 1 heterocycles. The number of aliphatic hydroxyl groups is 2. The zero-order valence-corrected chi connectivity index (χ0v) is 19.4. The Hall–Kier alpha value is -1.92. The molecule has 0 aliphatic heterocycles. The van der Waals surface area contributed by atoms with E-state index in [2.05, 4.69) is 16.9 Å². The van der Waals surface area contributed by atoms with Gasteiger partial charge in [0.25, 0.3) is 0 Å². The Morgan fingerprint density at radius 1 is 1.23 bits per heavy atom. The maximum atomic E-state index is 13.2. The molecular weight excluding hydrogens is 435 g/mol. The Balaban J connectivity index is 2.44. The third-order valence-corrected chi connectivity index (χ3v) is 6.07. The van der Waals surface area contributed by atoms with Crippen LogP contribution in [0.15, 0.2) is 55.4 Å². The van der Waals surface area contributed by atoms with Gasteiger partial charge >= 0.3 is 0 Å². The Labute approximate surface area is 194 Å². The number of nitrogens with zero attached hydrogens (tertiary/aromatic N) is 1. The molecule has 0 spiro atoms. The first kappa shape index (κ1) is 25.3. The second-order valence-corrected chi connectivity index (χ2v) is 8.93. The van der Waals surface area contributed by atoms with E-state index in [1.807, 2.05) is 13.8 Å². The van der Waals surface area contributed by atoms with Gasteiger partial charge in [-0.05, 0) is 48.6 Å². The number of hydrogen-bond acceptors (Lipinski definition) is 4. The molecule has 0 aliphatic carbocycles. The smallest absolute Gasteiger partial charge is 0.226 e. The van der Waals surface area contributed by atoms with Gasteiger partial charge in [0.05, 0.1) is 29.2 Å². The molecule has 5 nitrogen and oxygen atoms in total. The van der Waals surface area contributed by atoms with Crippen LogP contribution in [0.1, 0.15) is 56.3 Å². The Bertz CT molecular complexity index is 871. The molecule has 0 fully saturated rings. The summed E-state index contributed by atoms with van der Waals surface area (Å²) in [5.74, 6) is -0.658. The summed E-state index contributed by atoms with van der Waals surface area (Å²) in [6, 6.07) is 8.40. The number of aromatic nitrogens is 1. The van der Waals surface area contributed by atoms with Gasteiger partial charge in [-0.2, -0.15) is 0 Å². The number of amides is 1. The maximum Gasteiger partial charge on any atom is 0.226 e. The molecule has 4 unspecified atom stereocenters. The highest BCUT2D eigenvalue weighted by atomic mass is 35.5. The van der Waals surface area contributed by atoms with Crippen molar-refractivity contribution in [2.45, 2.75) is 51.2 Å². The van der Waals surface area contributed by atoms with E-state index in [-0.39, 0.29) is 18.6 Å². The average Bonchev–Trinajstić information content (AvgIpc) is 2.76. The number of benzene rings is 1. The van der Waals surface area contributed by atoms with Gasteiger partial charge in [-0.3, -0.25) is 9.78 Å². The number of carbonyl (C=O) groups excluding carboxylic acids is 1. The Kier molecular flexibility index (Phi) is 9.51. The van der Waals surface area contributed by atoms with E-state index in [4.69, 9.17) is 23.2 Å². The Morgan fingerprint density at radius 2 is 1.90 bits per heavy atom. The summed E-state index contributed by atoms with van der Waals surface area (Å²) in [5, 5.41) is 24.7. The van der Waals surface area contributed by atoms with Gasteiger partial charge in [0.15, 0.2) is 0 Å². The van der Waals surface area contributed by atoms with E-state index in [1.165, 1.54) is 6.20 Å². The zero-order chi connectivity index (χ0) is 23.0. The molecule has 0 saturated carbocycles. The van der Waals surface area contributed by atoms with E-state index < -0.39 is 17.4 Å². The number of allylic oxidation sites excluding steroid dienone is 1. The van der Waals surface area contributed by atoms with Crippen LogP contribution in [0, 0.1) is 5.41 Å². The summed E-state index contributed by atoms with van der Waals surface area (Å²) in [5.41, 5.74) is 0.537. The van der Waals surface area contributed by atoms with Crippen LogP contribution in [-0.4, -0.2) is 33.8 Å². The molecule has 0 aliphatic rings. The van der Waals surface area contributed by atoms with Crippen molar-refractivity contribution in [3.05, 3.63) is 76.6 Å². The van der Waals surface area contributed by atoms with Crippen molar-refractivity contribution < 1.29 is 15.0 Å². The number of hydrogen-bond donors (Lipinski definition) is 3. The van der Waals surface area contributed by atoms with Crippen LogP contribution in [0.3, 0.4) is 0 Å². The summed E-state index contributed by atoms with van der Waals surface area (Å²) >= 11 is 12.2. The van der Waals surface area contributed by atoms with Crippen molar-refractivity contribution in [1.29, 1.82) is 0 Å². The van der Waals surface area contributed by atoms with Crippen molar-refractivity contribution >= 4 is 29.1 Å². The highest BCUT2D eigenvalue weighted by molar-refractivity contribution is 6.30. The molecule has 2 rings (SSSR count). The first-order valence-electron chi connectivity index (χ1n) is 10.3. The second kappa shape index (κ2) is 11.6. The van der Waals surface area contributed by atoms with Crippen molar-refractivity contribution in [2.24, 2.45) is 5.41 Å². The molecule has 3 N–H and O–H groups in total. The summed E-state index contributed by atoms with van der Waals surface area (Å²) in [4.78, 5) is 17.4. The highest BCUT2D eigenvalue weighted by Crippen LogP contribution is 2.42. The van der Waals surface area contributed by atoms with Gasteiger partial charge in [-0.1, -0.05) is 55.3 Å². The fourth-order valence-electron chi connectivity index (χ4n) is 3.64. The highest BCUT2D eigenvalue weighted by Gasteiger charge is 2.38. The minimum Gasteiger partial charge on any atom is -0.394 e. The van der Waals surface area contributed by atoms with Crippen molar-refractivity contribution in [3.8, 4) is 0 Å². The summed E-state index contributed by atoms with van der Waals surface area (Å²) in [6.45, 7) is 7.42. The molecule has 2 aromatic rings. The molecule has 1 aromatic carbocycles. The second-order valence-electron chi connectivity index (χ2n) is 8.06. The predicted octanol–water partition coefficient (Wildman–Crippen LogP) is 5.07. The molecule has 0 radical (unpaired) electrons. The topological polar surface area (TPSA) is 82.5 Å². The summed E-state index contributed by atoms with van der Waals surface area (Å²) in [6.07, 6.45) is 5.30. The van der Waals surface area contributed by atoms with E-state index in [9.17, 15) is 15.0 Å². The lowest BCUT2D eigenvalue weighted by Gasteiger charge is -2.35. The summed E-state index contributed by atoms with van der Waals surface area (Å²) in [7, 11) is 0. The number of pyridine rings is 1. The number of rotatable bonds is 11. The van der Waals surface area contributed by atoms with Crippen LogP contribution in [-0.2, 0) is 4.79 Å². The third-order valence-electron chi connectivity index (χ3n) is 5.61. The molecule has 4 atom stereocenters. The molecule has 0 bridgehead atoms. The summed E-state index contributed by atoms with van der Waals surface area (Å²) < 4.78 is 0. The number of nitrogens with one attached hydrogen (secondary N) is 1. The lowest BCUT2D eigenvalue weighted by molar-refractivity contribution is -0.132. The van der Waals surface area contributed by atoms with Gasteiger partial charge in [-0.25, -0.2) is 0 Å². The molecular formula is C24H30Cl2N2O3.